The molecule has 0 radical (unpaired) electrons. The van der Waals surface area contributed by atoms with Crippen molar-refractivity contribution in [2.45, 2.75) is 24.3 Å². The molecule has 2 rings (SSSR count). The van der Waals surface area contributed by atoms with Gasteiger partial charge in [0.15, 0.2) is 15.6 Å². The molecule has 0 aromatic heterocycles. The van der Waals surface area contributed by atoms with Gasteiger partial charge in [0.25, 0.3) is 0 Å². The zero-order valence-electron chi connectivity index (χ0n) is 11.8. The number of carbonyl (C=O) groups excluding carboxylic acids is 1. The largest absolute Gasteiger partial charge is 0.295 e. The minimum Gasteiger partial charge on any atom is -0.295 e. The summed E-state index contributed by atoms with van der Waals surface area (Å²) >= 11 is 0. The number of sulfone groups is 1. The van der Waals surface area contributed by atoms with Crippen LogP contribution in [0.15, 0.2) is 29.2 Å². The van der Waals surface area contributed by atoms with Gasteiger partial charge in [-0.05, 0) is 25.5 Å². The van der Waals surface area contributed by atoms with Crippen LogP contribution in [0.5, 0.6) is 0 Å². The van der Waals surface area contributed by atoms with E-state index in [4.69, 9.17) is 0 Å². The van der Waals surface area contributed by atoms with Crippen LogP contribution in [-0.2, 0) is 19.9 Å². The van der Waals surface area contributed by atoms with E-state index < -0.39 is 25.9 Å². The SMILES string of the molecule is CC(=O)c1ccc(S(=O)(=O)N(C)C2CCS(=O)(=O)C2)cc1. The second kappa shape index (κ2) is 5.51. The third-order valence-corrected chi connectivity index (χ3v) is 7.34. The Hall–Kier alpha value is -1.25. The summed E-state index contributed by atoms with van der Waals surface area (Å²) in [6, 6.07) is 5.11. The van der Waals surface area contributed by atoms with Gasteiger partial charge in [-0.15, -0.1) is 0 Å². The Morgan fingerprint density at radius 3 is 2.24 bits per heavy atom. The molecule has 1 aliphatic heterocycles. The normalized spacial score (nSPS) is 21.6. The summed E-state index contributed by atoms with van der Waals surface area (Å²) in [7, 11) is -5.52. The molecule has 1 aromatic rings. The van der Waals surface area contributed by atoms with Crippen molar-refractivity contribution in [3.05, 3.63) is 29.8 Å². The van der Waals surface area contributed by atoms with Gasteiger partial charge in [-0.1, -0.05) is 12.1 Å². The molecule has 0 bridgehead atoms. The summed E-state index contributed by atoms with van der Waals surface area (Å²) < 4.78 is 49.0. The van der Waals surface area contributed by atoms with E-state index >= 15 is 0 Å². The number of sulfonamides is 1. The Balaban J connectivity index is 2.27. The Bertz CT molecular complexity index is 750. The predicted molar refractivity (Wildman–Crippen MR) is 78.5 cm³/mol. The molecule has 0 amide bonds. The molecular formula is C13H17NO5S2. The highest BCUT2D eigenvalue weighted by Gasteiger charge is 2.36. The van der Waals surface area contributed by atoms with Crippen molar-refractivity contribution >= 4 is 25.6 Å². The van der Waals surface area contributed by atoms with E-state index in [0.717, 1.165) is 4.31 Å². The fourth-order valence-corrected chi connectivity index (χ4v) is 5.54. The van der Waals surface area contributed by atoms with Gasteiger partial charge in [-0.25, -0.2) is 16.8 Å². The first-order valence-electron chi connectivity index (χ1n) is 6.43. The van der Waals surface area contributed by atoms with E-state index in [1.54, 1.807) is 0 Å². The summed E-state index contributed by atoms with van der Waals surface area (Å²) in [5.41, 5.74) is 0.431. The van der Waals surface area contributed by atoms with Gasteiger partial charge in [0.2, 0.25) is 10.0 Å². The molecule has 6 nitrogen and oxygen atoms in total. The lowest BCUT2D eigenvalue weighted by Crippen LogP contribution is -2.37. The van der Waals surface area contributed by atoms with Crippen LogP contribution < -0.4 is 0 Å². The third-order valence-electron chi connectivity index (χ3n) is 3.66. The van der Waals surface area contributed by atoms with Gasteiger partial charge < -0.3 is 0 Å². The maximum absolute atomic E-state index is 12.5. The molecule has 8 heteroatoms. The second-order valence-corrected chi connectivity index (χ2v) is 9.38. The van der Waals surface area contributed by atoms with E-state index in [2.05, 4.69) is 0 Å². The van der Waals surface area contributed by atoms with Gasteiger partial charge in [-0.3, -0.25) is 4.79 Å². The van der Waals surface area contributed by atoms with Gasteiger partial charge in [0.05, 0.1) is 16.4 Å². The van der Waals surface area contributed by atoms with E-state index in [-0.39, 0.29) is 22.2 Å². The number of carbonyl (C=O) groups is 1. The average molecular weight is 331 g/mol. The molecule has 0 aliphatic carbocycles. The fraction of sp³-hybridized carbons (Fsp3) is 0.462. The van der Waals surface area contributed by atoms with Crippen LogP contribution in [0.1, 0.15) is 23.7 Å². The first kappa shape index (κ1) is 16.1. The molecule has 21 heavy (non-hydrogen) atoms. The van der Waals surface area contributed by atoms with Crippen molar-refractivity contribution < 1.29 is 21.6 Å². The number of nitrogens with zero attached hydrogens (tertiary/aromatic N) is 1. The Labute approximate surface area is 124 Å². The molecule has 1 saturated heterocycles. The minimum atomic E-state index is -3.76. The van der Waals surface area contributed by atoms with Gasteiger partial charge >= 0.3 is 0 Å². The van der Waals surface area contributed by atoms with Crippen molar-refractivity contribution in [1.29, 1.82) is 0 Å². The highest BCUT2D eigenvalue weighted by atomic mass is 32.2. The Morgan fingerprint density at radius 1 is 1.24 bits per heavy atom. The summed E-state index contributed by atoms with van der Waals surface area (Å²) in [5.74, 6) is -0.274. The molecule has 1 aliphatic rings. The van der Waals surface area contributed by atoms with Crippen molar-refractivity contribution in [1.82, 2.24) is 4.31 Å². The first-order chi connectivity index (χ1) is 9.63. The highest BCUT2D eigenvalue weighted by molar-refractivity contribution is 7.92. The van der Waals surface area contributed by atoms with E-state index in [9.17, 15) is 21.6 Å². The van der Waals surface area contributed by atoms with E-state index in [0.29, 0.717) is 12.0 Å². The van der Waals surface area contributed by atoms with E-state index in [1.807, 2.05) is 0 Å². The van der Waals surface area contributed by atoms with Crippen LogP contribution in [0.3, 0.4) is 0 Å². The summed E-state index contributed by atoms with van der Waals surface area (Å²) in [6.07, 6.45) is 0.309. The molecule has 1 atom stereocenters. The van der Waals surface area contributed by atoms with Crippen LogP contribution in [0.4, 0.5) is 0 Å². The summed E-state index contributed by atoms with van der Waals surface area (Å²) in [4.78, 5) is 11.2. The molecule has 0 spiro atoms. The Morgan fingerprint density at radius 2 is 1.81 bits per heavy atom. The van der Waals surface area contributed by atoms with Crippen LogP contribution in [-0.4, -0.2) is 51.5 Å². The lowest BCUT2D eigenvalue weighted by Gasteiger charge is -2.22. The van der Waals surface area contributed by atoms with Gasteiger partial charge in [0.1, 0.15) is 0 Å². The number of rotatable bonds is 4. The lowest BCUT2D eigenvalue weighted by atomic mass is 10.2. The third kappa shape index (κ3) is 3.33. The Kier molecular flexibility index (Phi) is 4.23. The first-order valence-corrected chi connectivity index (χ1v) is 9.69. The van der Waals surface area contributed by atoms with Crippen LogP contribution >= 0.6 is 0 Å². The zero-order chi connectivity index (χ0) is 15.8. The molecule has 0 N–H and O–H groups in total. The number of Topliss-reactive ketones (excluding diaryl/α,β-unsaturated/α-hetero) is 1. The lowest BCUT2D eigenvalue weighted by molar-refractivity contribution is 0.101. The summed E-state index contributed by atoms with van der Waals surface area (Å²) in [5, 5.41) is 0. The van der Waals surface area contributed by atoms with Gasteiger partial charge in [-0.2, -0.15) is 4.31 Å². The molecule has 116 valence electrons. The minimum absolute atomic E-state index is 0.0147. The van der Waals surface area contributed by atoms with E-state index in [1.165, 1.54) is 38.2 Å². The van der Waals surface area contributed by atoms with Crippen molar-refractivity contribution in [2.75, 3.05) is 18.6 Å². The van der Waals surface area contributed by atoms with Crippen LogP contribution in [0, 0.1) is 0 Å². The predicted octanol–water partition coefficient (Wildman–Crippen LogP) is 0.697. The summed E-state index contributed by atoms with van der Waals surface area (Å²) in [6.45, 7) is 1.40. The standard InChI is InChI=1S/C13H17NO5S2/c1-10(15)11-3-5-13(6-4-11)21(18,19)14(2)12-7-8-20(16,17)9-12/h3-6,12H,7-9H2,1-2H3. The second-order valence-electron chi connectivity index (χ2n) is 5.16. The zero-order valence-corrected chi connectivity index (χ0v) is 13.4. The maximum atomic E-state index is 12.5. The van der Waals surface area contributed by atoms with Crippen molar-refractivity contribution in [3.63, 3.8) is 0 Å². The highest BCUT2D eigenvalue weighted by Crippen LogP contribution is 2.23. The van der Waals surface area contributed by atoms with Crippen molar-refractivity contribution in [2.24, 2.45) is 0 Å². The fourth-order valence-electron chi connectivity index (χ4n) is 2.29. The number of benzene rings is 1. The number of hydrogen-bond donors (Lipinski definition) is 0. The van der Waals surface area contributed by atoms with Gasteiger partial charge in [0, 0.05) is 18.7 Å². The number of ketones is 1. The molecule has 1 aromatic carbocycles. The number of hydrogen-bond acceptors (Lipinski definition) is 5. The molecule has 0 saturated carbocycles. The topological polar surface area (TPSA) is 88.6 Å². The van der Waals surface area contributed by atoms with Crippen molar-refractivity contribution in [3.8, 4) is 0 Å². The average Bonchev–Trinajstić information content (AvgIpc) is 2.78. The molecule has 1 heterocycles. The molecule has 1 unspecified atom stereocenters. The monoisotopic (exact) mass is 331 g/mol. The maximum Gasteiger partial charge on any atom is 0.243 e. The molecular weight excluding hydrogens is 314 g/mol. The smallest absolute Gasteiger partial charge is 0.243 e. The van der Waals surface area contributed by atoms with Crippen LogP contribution in [0.2, 0.25) is 0 Å². The van der Waals surface area contributed by atoms with Crippen LogP contribution in [0.25, 0.3) is 0 Å². The molecule has 1 fully saturated rings. The quantitative estimate of drug-likeness (QED) is 0.758.